The zero-order valence-corrected chi connectivity index (χ0v) is 10.8. The Bertz CT molecular complexity index is 458. The third-order valence-electron chi connectivity index (χ3n) is 2.51. The predicted octanol–water partition coefficient (Wildman–Crippen LogP) is 2.34. The molecule has 1 N–H and O–H groups in total. The fourth-order valence-electron chi connectivity index (χ4n) is 1.57. The van der Waals surface area contributed by atoms with Crippen molar-refractivity contribution in [2.75, 3.05) is 13.2 Å². The number of carbonyl (C=O) groups excluding carboxylic acids is 1. The van der Waals surface area contributed by atoms with Gasteiger partial charge in [-0.1, -0.05) is 6.92 Å². The molecule has 0 saturated carbocycles. The standard InChI is InChI=1S/C13H17NO5/c1-2-4-12(16)10-5-6-13(19-8-3-7-15)11(9-10)14(17)18/h5-6,9,15H,2-4,7-8H2,1H3. The molecule has 104 valence electrons. The average Bonchev–Trinajstić information content (AvgIpc) is 2.39. The molecule has 0 fully saturated rings. The van der Waals surface area contributed by atoms with Crippen LogP contribution in [0.1, 0.15) is 36.5 Å². The third-order valence-corrected chi connectivity index (χ3v) is 2.51. The first-order chi connectivity index (χ1) is 9.10. The number of ketones is 1. The van der Waals surface area contributed by atoms with Crippen molar-refractivity contribution in [3.05, 3.63) is 33.9 Å². The molecule has 0 spiro atoms. The van der Waals surface area contributed by atoms with E-state index in [1.165, 1.54) is 18.2 Å². The van der Waals surface area contributed by atoms with Crippen molar-refractivity contribution in [3.63, 3.8) is 0 Å². The molecule has 0 unspecified atom stereocenters. The molecule has 0 saturated heterocycles. The molecule has 0 atom stereocenters. The van der Waals surface area contributed by atoms with Gasteiger partial charge in [-0.25, -0.2) is 0 Å². The maximum absolute atomic E-state index is 11.7. The summed E-state index contributed by atoms with van der Waals surface area (Å²) in [4.78, 5) is 22.1. The number of aliphatic hydroxyl groups is 1. The van der Waals surface area contributed by atoms with Gasteiger partial charge >= 0.3 is 5.69 Å². The highest BCUT2D eigenvalue weighted by Crippen LogP contribution is 2.28. The van der Waals surface area contributed by atoms with Gasteiger partial charge in [-0.05, 0) is 18.6 Å². The number of benzene rings is 1. The van der Waals surface area contributed by atoms with Crippen LogP contribution in [0.2, 0.25) is 0 Å². The molecule has 1 aromatic rings. The van der Waals surface area contributed by atoms with Gasteiger partial charge in [0, 0.05) is 31.1 Å². The number of hydrogen-bond donors (Lipinski definition) is 1. The van der Waals surface area contributed by atoms with E-state index >= 15 is 0 Å². The van der Waals surface area contributed by atoms with E-state index in [9.17, 15) is 14.9 Å². The summed E-state index contributed by atoms with van der Waals surface area (Å²) in [6.07, 6.45) is 1.46. The number of hydrogen-bond acceptors (Lipinski definition) is 5. The SMILES string of the molecule is CCCC(=O)c1ccc(OCCCO)c([N+](=O)[O-])c1. The molecule has 0 heterocycles. The van der Waals surface area contributed by atoms with E-state index in [1.807, 2.05) is 6.92 Å². The molecule has 6 heteroatoms. The minimum Gasteiger partial charge on any atom is -0.487 e. The van der Waals surface area contributed by atoms with Crippen LogP contribution in [0.15, 0.2) is 18.2 Å². The number of carbonyl (C=O) groups is 1. The Kier molecular flexibility index (Phi) is 5.95. The Morgan fingerprint density at radius 3 is 2.79 bits per heavy atom. The van der Waals surface area contributed by atoms with Gasteiger partial charge in [0.1, 0.15) is 0 Å². The van der Waals surface area contributed by atoms with Gasteiger partial charge in [-0.3, -0.25) is 14.9 Å². The molecule has 0 aliphatic carbocycles. The lowest BCUT2D eigenvalue weighted by Gasteiger charge is -2.07. The topological polar surface area (TPSA) is 89.7 Å². The Labute approximate surface area is 111 Å². The number of ether oxygens (including phenoxy) is 1. The summed E-state index contributed by atoms with van der Waals surface area (Å²) in [5, 5.41) is 19.6. The minimum atomic E-state index is -0.572. The van der Waals surface area contributed by atoms with Gasteiger partial charge < -0.3 is 9.84 Å². The maximum atomic E-state index is 11.7. The second kappa shape index (κ2) is 7.48. The molecule has 0 radical (unpaired) electrons. The highest BCUT2D eigenvalue weighted by Gasteiger charge is 2.18. The van der Waals surface area contributed by atoms with Crippen LogP contribution in [0.5, 0.6) is 5.75 Å². The first kappa shape index (κ1) is 15.1. The van der Waals surface area contributed by atoms with Crippen molar-refractivity contribution >= 4 is 11.5 Å². The lowest BCUT2D eigenvalue weighted by molar-refractivity contribution is -0.385. The van der Waals surface area contributed by atoms with Crippen LogP contribution in [0, 0.1) is 10.1 Å². The molecular formula is C13H17NO5. The molecule has 1 rings (SSSR count). The van der Waals surface area contributed by atoms with Crippen molar-refractivity contribution in [2.45, 2.75) is 26.2 Å². The molecule has 19 heavy (non-hydrogen) atoms. The van der Waals surface area contributed by atoms with Crippen LogP contribution in [-0.2, 0) is 0 Å². The second-order valence-electron chi connectivity index (χ2n) is 4.04. The van der Waals surface area contributed by atoms with E-state index in [0.29, 0.717) is 24.8 Å². The molecule has 0 amide bonds. The summed E-state index contributed by atoms with van der Waals surface area (Å²) < 4.78 is 5.22. The Hall–Kier alpha value is -1.95. The van der Waals surface area contributed by atoms with Gasteiger partial charge in [0.15, 0.2) is 11.5 Å². The number of nitro groups is 1. The van der Waals surface area contributed by atoms with Crippen molar-refractivity contribution in [1.82, 2.24) is 0 Å². The fraction of sp³-hybridized carbons (Fsp3) is 0.462. The largest absolute Gasteiger partial charge is 0.487 e. The summed E-state index contributed by atoms with van der Waals surface area (Å²) in [6, 6.07) is 4.20. The second-order valence-corrected chi connectivity index (χ2v) is 4.04. The van der Waals surface area contributed by atoms with Crippen molar-refractivity contribution < 1.29 is 19.6 Å². The summed E-state index contributed by atoms with van der Waals surface area (Å²) in [5.74, 6) is -0.000920. The monoisotopic (exact) mass is 267 g/mol. The molecule has 0 aromatic heterocycles. The molecule has 1 aromatic carbocycles. The first-order valence-electron chi connectivity index (χ1n) is 6.15. The Balaban J connectivity index is 2.94. The smallest absolute Gasteiger partial charge is 0.311 e. The van der Waals surface area contributed by atoms with Crippen LogP contribution in [0.25, 0.3) is 0 Å². The van der Waals surface area contributed by atoms with Crippen LogP contribution in [0.3, 0.4) is 0 Å². The normalized spacial score (nSPS) is 10.2. The zero-order valence-electron chi connectivity index (χ0n) is 10.8. The molecular weight excluding hydrogens is 250 g/mol. The summed E-state index contributed by atoms with van der Waals surface area (Å²) >= 11 is 0. The van der Waals surface area contributed by atoms with E-state index in [1.54, 1.807) is 0 Å². The van der Waals surface area contributed by atoms with E-state index < -0.39 is 4.92 Å². The van der Waals surface area contributed by atoms with Gasteiger partial charge in [0.2, 0.25) is 0 Å². The lowest BCUT2D eigenvalue weighted by Crippen LogP contribution is -2.04. The highest BCUT2D eigenvalue weighted by atomic mass is 16.6. The molecule has 6 nitrogen and oxygen atoms in total. The molecule has 0 bridgehead atoms. The zero-order chi connectivity index (χ0) is 14.3. The third kappa shape index (κ3) is 4.33. The Morgan fingerprint density at radius 1 is 1.47 bits per heavy atom. The number of aliphatic hydroxyl groups excluding tert-OH is 1. The molecule has 0 aliphatic heterocycles. The van der Waals surface area contributed by atoms with E-state index in [-0.39, 0.29) is 30.4 Å². The number of nitrogens with zero attached hydrogens (tertiary/aromatic N) is 1. The van der Waals surface area contributed by atoms with E-state index in [0.717, 1.165) is 0 Å². The average molecular weight is 267 g/mol. The first-order valence-corrected chi connectivity index (χ1v) is 6.15. The highest BCUT2D eigenvalue weighted by molar-refractivity contribution is 5.96. The predicted molar refractivity (Wildman–Crippen MR) is 69.5 cm³/mol. The van der Waals surface area contributed by atoms with Gasteiger partial charge in [0.05, 0.1) is 11.5 Å². The van der Waals surface area contributed by atoms with E-state index in [2.05, 4.69) is 0 Å². The van der Waals surface area contributed by atoms with Crippen molar-refractivity contribution in [3.8, 4) is 5.75 Å². The van der Waals surface area contributed by atoms with Crippen LogP contribution < -0.4 is 4.74 Å². The van der Waals surface area contributed by atoms with Crippen LogP contribution in [0.4, 0.5) is 5.69 Å². The quantitative estimate of drug-likeness (QED) is 0.338. The maximum Gasteiger partial charge on any atom is 0.311 e. The number of nitro benzene ring substituents is 1. The van der Waals surface area contributed by atoms with Gasteiger partial charge in [-0.2, -0.15) is 0 Å². The minimum absolute atomic E-state index is 0.0408. The number of rotatable bonds is 8. The lowest BCUT2D eigenvalue weighted by atomic mass is 10.1. The summed E-state index contributed by atoms with van der Waals surface area (Å²) in [6.45, 7) is 2.03. The van der Waals surface area contributed by atoms with Gasteiger partial charge in [0.25, 0.3) is 0 Å². The number of Topliss-reactive ketones (excluding diaryl/α,β-unsaturated/α-hetero) is 1. The van der Waals surface area contributed by atoms with Crippen LogP contribution >= 0.6 is 0 Å². The summed E-state index contributed by atoms with van der Waals surface area (Å²) in [5.41, 5.74) is 0.1000. The van der Waals surface area contributed by atoms with Gasteiger partial charge in [-0.15, -0.1) is 0 Å². The van der Waals surface area contributed by atoms with Crippen molar-refractivity contribution in [2.24, 2.45) is 0 Å². The Morgan fingerprint density at radius 2 is 2.21 bits per heavy atom. The summed E-state index contributed by atoms with van der Waals surface area (Å²) in [7, 11) is 0. The fourth-order valence-corrected chi connectivity index (χ4v) is 1.57. The van der Waals surface area contributed by atoms with E-state index in [4.69, 9.17) is 9.84 Å². The van der Waals surface area contributed by atoms with Crippen LogP contribution in [-0.4, -0.2) is 29.0 Å². The molecule has 0 aliphatic rings. The van der Waals surface area contributed by atoms with Crippen molar-refractivity contribution in [1.29, 1.82) is 0 Å².